The van der Waals surface area contributed by atoms with E-state index < -0.39 is 17.4 Å². The Bertz CT molecular complexity index is 912. The fourth-order valence-electron chi connectivity index (χ4n) is 3.56. The van der Waals surface area contributed by atoms with Crippen molar-refractivity contribution in [1.29, 1.82) is 0 Å². The van der Waals surface area contributed by atoms with Crippen LogP contribution in [0.2, 0.25) is 0 Å². The van der Waals surface area contributed by atoms with Gasteiger partial charge in [0.15, 0.2) is 0 Å². The van der Waals surface area contributed by atoms with E-state index in [-0.39, 0.29) is 12.3 Å². The Balaban J connectivity index is 2.27. The molecule has 0 radical (unpaired) electrons. The highest BCUT2D eigenvalue weighted by Crippen LogP contribution is 2.39. The zero-order valence-corrected chi connectivity index (χ0v) is 15.9. The molecule has 0 spiro atoms. The second kappa shape index (κ2) is 8.90. The maximum atomic E-state index is 13.9. The first-order chi connectivity index (χ1) is 14.1. The summed E-state index contributed by atoms with van der Waals surface area (Å²) in [7, 11) is 0. The molecule has 3 N–H and O–H groups in total. The summed E-state index contributed by atoms with van der Waals surface area (Å²) in [6.07, 6.45) is 5.40. The number of amides is 2. The minimum atomic E-state index is -1.17. The summed E-state index contributed by atoms with van der Waals surface area (Å²) in [4.78, 5) is 25.7. The first-order valence-electron chi connectivity index (χ1n) is 9.31. The molecular weight excluding hydrogens is 360 g/mol. The molecule has 3 aromatic carbocycles. The normalized spacial score (nSPS) is 11.8. The molecule has 4 heteroatoms. The number of rotatable bonds is 7. The van der Waals surface area contributed by atoms with Gasteiger partial charge in [0.05, 0.1) is 0 Å². The number of primary amides is 1. The summed E-state index contributed by atoms with van der Waals surface area (Å²) in [6.45, 7) is 0. The molecule has 1 atom stereocenters. The number of nitrogens with one attached hydrogen (secondary N) is 1. The van der Waals surface area contributed by atoms with Crippen LogP contribution in [0.5, 0.6) is 0 Å². The molecular formula is C25H22N2O2. The molecule has 0 aromatic heterocycles. The van der Waals surface area contributed by atoms with E-state index in [4.69, 9.17) is 12.2 Å². The van der Waals surface area contributed by atoms with Crippen molar-refractivity contribution < 1.29 is 9.59 Å². The standard InChI is InChI=1S/C25H22N2O2/c1-2-12-22(23(26)28)27-24(29)25(19-13-6-3-7-14-19,20-15-8-4-9-16-20)21-17-10-5-11-18-21/h1,3-11,13-18,22H,12H2,(H2,26,28)(H,27,29)/t22-/m0/s1. The molecule has 4 nitrogen and oxygen atoms in total. The Hall–Kier alpha value is -3.84. The van der Waals surface area contributed by atoms with Crippen LogP contribution in [0.15, 0.2) is 91.0 Å². The topological polar surface area (TPSA) is 72.2 Å². The van der Waals surface area contributed by atoms with Crippen LogP contribution in [-0.2, 0) is 15.0 Å². The van der Waals surface area contributed by atoms with E-state index in [0.29, 0.717) is 0 Å². The largest absolute Gasteiger partial charge is 0.368 e. The van der Waals surface area contributed by atoms with Crippen molar-refractivity contribution >= 4 is 11.8 Å². The van der Waals surface area contributed by atoms with Crippen molar-refractivity contribution in [3.63, 3.8) is 0 Å². The highest BCUT2D eigenvalue weighted by molar-refractivity contribution is 5.98. The van der Waals surface area contributed by atoms with E-state index in [1.165, 1.54) is 0 Å². The van der Waals surface area contributed by atoms with E-state index in [9.17, 15) is 9.59 Å². The number of benzene rings is 3. The molecule has 2 amide bonds. The van der Waals surface area contributed by atoms with Crippen LogP contribution < -0.4 is 11.1 Å². The van der Waals surface area contributed by atoms with Gasteiger partial charge in [-0.2, -0.15) is 0 Å². The molecule has 0 aliphatic rings. The van der Waals surface area contributed by atoms with E-state index in [1.54, 1.807) is 0 Å². The van der Waals surface area contributed by atoms with Crippen molar-refractivity contribution in [2.45, 2.75) is 17.9 Å². The Kier molecular flexibility index (Phi) is 6.11. The monoisotopic (exact) mass is 382 g/mol. The van der Waals surface area contributed by atoms with Gasteiger partial charge >= 0.3 is 0 Å². The molecule has 0 bridgehead atoms. The molecule has 0 aliphatic carbocycles. The highest BCUT2D eigenvalue weighted by atomic mass is 16.2. The summed E-state index contributed by atoms with van der Waals surface area (Å²) >= 11 is 0. The first-order valence-corrected chi connectivity index (χ1v) is 9.31. The van der Waals surface area contributed by atoms with Gasteiger partial charge in [0.25, 0.3) is 0 Å². The van der Waals surface area contributed by atoms with Crippen molar-refractivity contribution in [3.8, 4) is 12.3 Å². The molecule has 0 saturated heterocycles. The highest BCUT2D eigenvalue weighted by Gasteiger charge is 2.44. The molecule has 3 rings (SSSR count). The van der Waals surface area contributed by atoms with Crippen LogP contribution in [0, 0.1) is 12.3 Å². The summed E-state index contributed by atoms with van der Waals surface area (Å²) in [5, 5.41) is 2.80. The van der Waals surface area contributed by atoms with Gasteiger partial charge in [0.2, 0.25) is 11.8 Å². The SMILES string of the molecule is C#CC[C@H](NC(=O)C(c1ccccc1)(c1ccccc1)c1ccccc1)C(N)=O. The lowest BCUT2D eigenvalue weighted by atomic mass is 9.68. The maximum Gasteiger partial charge on any atom is 0.240 e. The third kappa shape index (κ3) is 3.90. The predicted octanol–water partition coefficient (Wildman–Crippen LogP) is 3.01. The lowest BCUT2D eigenvalue weighted by Gasteiger charge is -2.35. The molecule has 0 saturated carbocycles. The second-order valence-electron chi connectivity index (χ2n) is 6.68. The lowest BCUT2D eigenvalue weighted by Crippen LogP contribution is -2.53. The molecule has 3 aromatic rings. The third-order valence-electron chi connectivity index (χ3n) is 4.93. The zero-order valence-electron chi connectivity index (χ0n) is 15.9. The summed E-state index contributed by atoms with van der Waals surface area (Å²) < 4.78 is 0. The molecule has 144 valence electrons. The predicted molar refractivity (Wildman–Crippen MR) is 114 cm³/mol. The number of hydrogen-bond donors (Lipinski definition) is 2. The molecule has 0 unspecified atom stereocenters. The van der Waals surface area contributed by atoms with Crippen LogP contribution in [-0.4, -0.2) is 17.9 Å². The average molecular weight is 382 g/mol. The number of hydrogen-bond acceptors (Lipinski definition) is 2. The maximum absolute atomic E-state index is 13.9. The van der Waals surface area contributed by atoms with E-state index >= 15 is 0 Å². The van der Waals surface area contributed by atoms with Crippen LogP contribution in [0.1, 0.15) is 23.1 Å². The average Bonchev–Trinajstić information content (AvgIpc) is 2.76. The van der Waals surface area contributed by atoms with E-state index in [1.807, 2.05) is 91.0 Å². The van der Waals surface area contributed by atoms with E-state index in [2.05, 4.69) is 11.2 Å². The molecule has 0 aliphatic heterocycles. The molecule has 0 heterocycles. The van der Waals surface area contributed by atoms with Gasteiger partial charge in [-0.1, -0.05) is 91.0 Å². The molecule has 0 fully saturated rings. The lowest BCUT2D eigenvalue weighted by molar-refractivity contribution is -0.129. The third-order valence-corrected chi connectivity index (χ3v) is 4.93. The minimum absolute atomic E-state index is 0.0233. The quantitative estimate of drug-likeness (QED) is 0.487. The number of carbonyl (C=O) groups excluding carboxylic acids is 2. The van der Waals surface area contributed by atoms with Gasteiger partial charge < -0.3 is 11.1 Å². The van der Waals surface area contributed by atoms with Gasteiger partial charge in [-0.3, -0.25) is 9.59 Å². The first kappa shape index (κ1) is 19.9. The van der Waals surface area contributed by atoms with E-state index in [0.717, 1.165) is 16.7 Å². The fraction of sp³-hybridized carbons (Fsp3) is 0.120. The van der Waals surface area contributed by atoms with Crippen LogP contribution in [0.4, 0.5) is 0 Å². The van der Waals surface area contributed by atoms with Crippen molar-refractivity contribution in [2.75, 3.05) is 0 Å². The van der Waals surface area contributed by atoms with Crippen molar-refractivity contribution in [2.24, 2.45) is 5.73 Å². The van der Waals surface area contributed by atoms with Gasteiger partial charge in [-0.05, 0) is 16.7 Å². The number of terminal acetylenes is 1. The van der Waals surface area contributed by atoms with Gasteiger partial charge in [-0.15, -0.1) is 12.3 Å². The fourth-order valence-corrected chi connectivity index (χ4v) is 3.56. The Morgan fingerprint density at radius 1 is 0.828 bits per heavy atom. The Morgan fingerprint density at radius 2 is 1.21 bits per heavy atom. The van der Waals surface area contributed by atoms with Crippen LogP contribution >= 0.6 is 0 Å². The summed E-state index contributed by atoms with van der Waals surface area (Å²) in [6, 6.07) is 27.5. The Labute approximate surface area is 170 Å². The number of carbonyl (C=O) groups is 2. The summed E-state index contributed by atoms with van der Waals surface area (Å²) in [5.74, 6) is 1.38. The smallest absolute Gasteiger partial charge is 0.240 e. The Morgan fingerprint density at radius 3 is 1.52 bits per heavy atom. The number of nitrogens with two attached hydrogens (primary N) is 1. The minimum Gasteiger partial charge on any atom is -0.368 e. The summed E-state index contributed by atoms with van der Waals surface area (Å²) in [5.41, 5.74) is 6.64. The van der Waals surface area contributed by atoms with Gasteiger partial charge in [-0.25, -0.2) is 0 Å². The second-order valence-corrected chi connectivity index (χ2v) is 6.68. The zero-order chi connectivity index (χ0) is 20.7. The van der Waals surface area contributed by atoms with Gasteiger partial charge in [0.1, 0.15) is 11.5 Å². The van der Waals surface area contributed by atoms with Crippen LogP contribution in [0.3, 0.4) is 0 Å². The molecule has 29 heavy (non-hydrogen) atoms. The van der Waals surface area contributed by atoms with Crippen molar-refractivity contribution in [1.82, 2.24) is 5.32 Å². The van der Waals surface area contributed by atoms with Crippen molar-refractivity contribution in [3.05, 3.63) is 108 Å². The van der Waals surface area contributed by atoms with Gasteiger partial charge in [0, 0.05) is 6.42 Å². The van der Waals surface area contributed by atoms with Crippen LogP contribution in [0.25, 0.3) is 0 Å².